The molecule has 5 nitrogen and oxygen atoms in total. The lowest BCUT2D eigenvalue weighted by molar-refractivity contribution is 0.0918. The van der Waals surface area contributed by atoms with Gasteiger partial charge in [-0.15, -0.1) is 11.3 Å². The highest BCUT2D eigenvalue weighted by molar-refractivity contribution is 7.17. The van der Waals surface area contributed by atoms with Crippen LogP contribution in [0.1, 0.15) is 41.0 Å². The molecule has 2 aromatic heterocycles. The molecule has 2 fully saturated rings. The van der Waals surface area contributed by atoms with Gasteiger partial charge in [-0.2, -0.15) is 0 Å². The first-order valence-electron chi connectivity index (χ1n) is 8.66. The fourth-order valence-corrected chi connectivity index (χ4v) is 4.80. The first-order valence-corrected chi connectivity index (χ1v) is 9.48. The molecule has 1 amide bonds. The summed E-state index contributed by atoms with van der Waals surface area (Å²) in [7, 11) is 0. The molecular weight excluding hydrogens is 320 g/mol. The summed E-state index contributed by atoms with van der Waals surface area (Å²) < 4.78 is 0. The summed E-state index contributed by atoms with van der Waals surface area (Å²) in [6, 6.07) is 6.54. The molecule has 126 valence electrons. The summed E-state index contributed by atoms with van der Waals surface area (Å²) in [5.41, 5.74) is 1.61. The summed E-state index contributed by atoms with van der Waals surface area (Å²) in [4.78, 5) is 24.9. The zero-order chi connectivity index (χ0) is 16.5. The Bertz CT molecular complexity index is 730. The molecule has 0 radical (unpaired) electrons. The van der Waals surface area contributed by atoms with Gasteiger partial charge in [0, 0.05) is 24.8 Å². The van der Waals surface area contributed by atoms with Gasteiger partial charge in [-0.1, -0.05) is 12.5 Å². The quantitative estimate of drug-likeness (QED) is 0.932. The number of carbonyl (C=O) groups is 1. The number of hydrogen-bond acceptors (Lipinski definition) is 5. The Balaban J connectivity index is 1.50. The van der Waals surface area contributed by atoms with Gasteiger partial charge in [-0.25, -0.2) is 4.98 Å². The molecule has 0 spiro atoms. The van der Waals surface area contributed by atoms with Crippen LogP contribution in [-0.4, -0.2) is 45.9 Å². The highest BCUT2D eigenvalue weighted by Crippen LogP contribution is 2.29. The van der Waals surface area contributed by atoms with Gasteiger partial charge in [-0.05, 0) is 44.9 Å². The maximum absolute atomic E-state index is 12.8. The Morgan fingerprint density at radius 1 is 1.29 bits per heavy atom. The molecule has 2 aromatic rings. The Labute approximate surface area is 146 Å². The Morgan fingerprint density at radius 2 is 2.21 bits per heavy atom. The number of pyridine rings is 1. The van der Waals surface area contributed by atoms with Crippen LogP contribution in [0.25, 0.3) is 10.7 Å². The van der Waals surface area contributed by atoms with Crippen LogP contribution in [-0.2, 0) is 0 Å². The lowest BCUT2D eigenvalue weighted by atomic mass is 9.99. The summed E-state index contributed by atoms with van der Waals surface area (Å²) >= 11 is 1.43. The van der Waals surface area contributed by atoms with Gasteiger partial charge >= 0.3 is 0 Å². The van der Waals surface area contributed by atoms with Crippen LogP contribution in [0.4, 0.5) is 0 Å². The molecule has 0 bridgehead atoms. The van der Waals surface area contributed by atoms with E-state index in [1.807, 2.05) is 25.1 Å². The largest absolute Gasteiger partial charge is 0.347 e. The topological polar surface area (TPSA) is 58.1 Å². The van der Waals surface area contributed by atoms with Gasteiger partial charge in [0.05, 0.1) is 11.4 Å². The van der Waals surface area contributed by atoms with E-state index in [0.717, 1.165) is 29.4 Å². The van der Waals surface area contributed by atoms with Crippen molar-refractivity contribution in [2.75, 3.05) is 13.1 Å². The molecule has 0 saturated carbocycles. The van der Waals surface area contributed by atoms with Crippen molar-refractivity contribution < 1.29 is 4.79 Å². The number of carbonyl (C=O) groups excluding carboxylic acids is 1. The number of aryl methyl sites for hydroxylation is 1. The minimum Gasteiger partial charge on any atom is -0.347 e. The second kappa shape index (κ2) is 6.61. The molecule has 2 aliphatic rings. The summed E-state index contributed by atoms with van der Waals surface area (Å²) in [6.45, 7) is 4.19. The third-order valence-electron chi connectivity index (χ3n) is 5.06. The normalized spacial score (nSPS) is 23.9. The number of nitrogens with zero attached hydrogens (tertiary/aromatic N) is 3. The van der Waals surface area contributed by atoms with E-state index < -0.39 is 0 Å². The number of piperidine rings is 1. The minimum atomic E-state index is 0.0182. The van der Waals surface area contributed by atoms with E-state index in [9.17, 15) is 4.79 Å². The molecule has 24 heavy (non-hydrogen) atoms. The van der Waals surface area contributed by atoms with Crippen molar-refractivity contribution in [2.24, 2.45) is 0 Å². The van der Waals surface area contributed by atoms with Crippen molar-refractivity contribution in [3.8, 4) is 10.7 Å². The number of rotatable bonds is 3. The van der Waals surface area contributed by atoms with Crippen LogP contribution >= 0.6 is 11.3 Å². The molecule has 4 heterocycles. The third kappa shape index (κ3) is 2.96. The van der Waals surface area contributed by atoms with Crippen LogP contribution in [0.15, 0.2) is 24.4 Å². The number of thiazole rings is 1. The molecule has 2 aliphatic heterocycles. The standard InChI is InChI=1S/C18H22N4OS/c1-12-16(24-18(20-12)14-6-2-4-9-19-14)17(23)21-13-8-11-22-10-5-3-7-15(13)22/h2,4,6,9,13,15H,3,5,7-8,10-11H2,1H3,(H,21,23). The number of nitrogens with one attached hydrogen (secondary N) is 1. The lowest BCUT2D eigenvalue weighted by Crippen LogP contribution is -2.46. The smallest absolute Gasteiger partial charge is 0.263 e. The Morgan fingerprint density at radius 3 is 3.04 bits per heavy atom. The van der Waals surface area contributed by atoms with Crippen LogP contribution < -0.4 is 5.32 Å². The lowest BCUT2D eigenvalue weighted by Gasteiger charge is -2.32. The number of aromatic nitrogens is 2. The number of hydrogen-bond donors (Lipinski definition) is 1. The van der Waals surface area contributed by atoms with Gasteiger partial charge in [0.2, 0.25) is 0 Å². The maximum Gasteiger partial charge on any atom is 0.263 e. The highest BCUT2D eigenvalue weighted by Gasteiger charge is 2.36. The van der Waals surface area contributed by atoms with Crippen molar-refractivity contribution in [3.05, 3.63) is 35.0 Å². The second-order valence-corrected chi connectivity index (χ2v) is 7.62. The zero-order valence-corrected chi connectivity index (χ0v) is 14.7. The summed E-state index contributed by atoms with van der Waals surface area (Å²) in [6.07, 6.45) is 6.57. The molecule has 2 saturated heterocycles. The Kier molecular flexibility index (Phi) is 4.33. The van der Waals surface area contributed by atoms with Crippen molar-refractivity contribution in [1.82, 2.24) is 20.2 Å². The van der Waals surface area contributed by atoms with E-state index in [0.29, 0.717) is 10.9 Å². The van der Waals surface area contributed by atoms with Crippen LogP contribution in [0, 0.1) is 6.92 Å². The van der Waals surface area contributed by atoms with Crippen molar-refractivity contribution >= 4 is 17.2 Å². The van der Waals surface area contributed by atoms with Crippen LogP contribution in [0.2, 0.25) is 0 Å². The predicted octanol–water partition coefficient (Wildman–Crippen LogP) is 2.87. The van der Waals surface area contributed by atoms with E-state index in [4.69, 9.17) is 0 Å². The van der Waals surface area contributed by atoms with Crippen molar-refractivity contribution in [3.63, 3.8) is 0 Å². The van der Waals surface area contributed by atoms with Gasteiger partial charge in [0.15, 0.2) is 0 Å². The molecule has 6 heteroatoms. The fraction of sp³-hybridized carbons (Fsp3) is 0.500. The molecule has 0 aliphatic carbocycles. The van der Waals surface area contributed by atoms with E-state index in [2.05, 4.69) is 20.2 Å². The summed E-state index contributed by atoms with van der Waals surface area (Å²) in [5, 5.41) is 4.08. The van der Waals surface area contributed by atoms with Gasteiger partial charge < -0.3 is 5.32 Å². The molecule has 1 N–H and O–H groups in total. The average molecular weight is 342 g/mol. The van der Waals surface area contributed by atoms with Crippen molar-refractivity contribution in [1.29, 1.82) is 0 Å². The second-order valence-electron chi connectivity index (χ2n) is 6.62. The number of amides is 1. The zero-order valence-electron chi connectivity index (χ0n) is 13.9. The first kappa shape index (κ1) is 15.7. The molecule has 0 aromatic carbocycles. The SMILES string of the molecule is Cc1nc(-c2ccccn2)sc1C(=O)NC1CCN2CCCCC12. The van der Waals surface area contributed by atoms with Crippen LogP contribution in [0.5, 0.6) is 0 Å². The van der Waals surface area contributed by atoms with E-state index in [1.54, 1.807) is 6.20 Å². The van der Waals surface area contributed by atoms with Gasteiger partial charge in [0.25, 0.3) is 5.91 Å². The van der Waals surface area contributed by atoms with Gasteiger partial charge in [0.1, 0.15) is 9.88 Å². The monoisotopic (exact) mass is 342 g/mol. The predicted molar refractivity (Wildman–Crippen MR) is 95.2 cm³/mol. The molecule has 2 atom stereocenters. The fourth-order valence-electron chi connectivity index (χ4n) is 3.86. The highest BCUT2D eigenvalue weighted by atomic mass is 32.1. The number of fused-ring (bicyclic) bond motifs is 1. The summed E-state index contributed by atoms with van der Waals surface area (Å²) in [5.74, 6) is 0.0182. The van der Waals surface area contributed by atoms with Gasteiger partial charge in [-0.3, -0.25) is 14.7 Å². The maximum atomic E-state index is 12.8. The van der Waals surface area contributed by atoms with E-state index in [1.165, 1.54) is 37.1 Å². The Hall–Kier alpha value is -1.79. The van der Waals surface area contributed by atoms with Crippen LogP contribution in [0.3, 0.4) is 0 Å². The molecule has 4 rings (SSSR count). The molecular formula is C18H22N4OS. The van der Waals surface area contributed by atoms with E-state index >= 15 is 0 Å². The van der Waals surface area contributed by atoms with E-state index in [-0.39, 0.29) is 11.9 Å². The average Bonchev–Trinajstić information content (AvgIpc) is 3.20. The molecule has 2 unspecified atom stereocenters. The van der Waals surface area contributed by atoms with Crippen molar-refractivity contribution in [2.45, 2.75) is 44.7 Å². The minimum absolute atomic E-state index is 0.0182. The first-order chi connectivity index (χ1) is 11.7. The third-order valence-corrected chi connectivity index (χ3v) is 6.24.